The van der Waals surface area contributed by atoms with Gasteiger partial charge in [0.2, 0.25) is 16.0 Å². The molecule has 0 aliphatic carbocycles. The maximum Gasteiger partial charge on any atom is 0.243 e. The van der Waals surface area contributed by atoms with Crippen LogP contribution in [0.2, 0.25) is 0 Å². The SMILES string of the molecule is COc1cnc([C@@H](OC)[C@H](C)S(=O)(=O)Nc2nnc(-c3cncc(C)c3)n2-c2c(OC)cccc2OC)nc1. The van der Waals surface area contributed by atoms with Gasteiger partial charge >= 0.3 is 0 Å². The minimum absolute atomic E-state index is 0.0911. The molecule has 0 radical (unpaired) electrons. The van der Waals surface area contributed by atoms with Crippen LogP contribution in [-0.2, 0) is 14.8 Å². The highest BCUT2D eigenvalue weighted by atomic mass is 32.2. The highest BCUT2D eigenvalue weighted by Crippen LogP contribution is 2.38. The van der Waals surface area contributed by atoms with E-state index in [1.165, 1.54) is 52.3 Å². The molecule has 0 bridgehead atoms. The smallest absolute Gasteiger partial charge is 0.243 e. The van der Waals surface area contributed by atoms with Crippen molar-refractivity contribution in [2.45, 2.75) is 25.2 Å². The first-order valence-electron chi connectivity index (χ1n) is 11.7. The van der Waals surface area contributed by atoms with Crippen molar-refractivity contribution < 1.29 is 27.4 Å². The molecule has 3 heterocycles. The molecule has 4 aromatic rings. The average Bonchev–Trinajstić information content (AvgIpc) is 3.35. The first-order valence-corrected chi connectivity index (χ1v) is 13.3. The molecule has 0 amide bonds. The number of aryl methyl sites for hydroxylation is 1. The van der Waals surface area contributed by atoms with Gasteiger partial charge in [-0.2, -0.15) is 0 Å². The van der Waals surface area contributed by atoms with Crippen molar-refractivity contribution in [3.8, 4) is 34.3 Å². The molecule has 0 spiro atoms. The average molecular weight is 556 g/mol. The summed E-state index contributed by atoms with van der Waals surface area (Å²) < 4.78 is 53.2. The van der Waals surface area contributed by atoms with E-state index < -0.39 is 21.4 Å². The second kappa shape index (κ2) is 11.6. The zero-order chi connectivity index (χ0) is 28.2. The molecular weight excluding hydrogens is 526 g/mol. The number of anilines is 1. The molecule has 3 aromatic heterocycles. The lowest BCUT2D eigenvalue weighted by Gasteiger charge is -2.23. The van der Waals surface area contributed by atoms with Gasteiger partial charge in [-0.25, -0.2) is 18.4 Å². The number of methoxy groups -OCH3 is 4. The van der Waals surface area contributed by atoms with E-state index in [-0.39, 0.29) is 11.8 Å². The predicted molar refractivity (Wildman–Crippen MR) is 143 cm³/mol. The Kier molecular flexibility index (Phi) is 8.26. The molecule has 0 fully saturated rings. The molecule has 0 saturated heterocycles. The molecule has 0 saturated carbocycles. The lowest BCUT2D eigenvalue weighted by molar-refractivity contribution is 0.0948. The quantitative estimate of drug-likeness (QED) is 0.291. The molecule has 0 aliphatic heterocycles. The molecule has 2 atom stereocenters. The summed E-state index contributed by atoms with van der Waals surface area (Å²) in [6, 6.07) is 7.06. The van der Waals surface area contributed by atoms with Crippen LogP contribution in [0.5, 0.6) is 17.2 Å². The second-order valence-electron chi connectivity index (χ2n) is 8.43. The number of hydrogen-bond acceptors (Lipinski definition) is 11. The van der Waals surface area contributed by atoms with Gasteiger partial charge in [0.1, 0.15) is 28.5 Å². The maximum absolute atomic E-state index is 13.7. The van der Waals surface area contributed by atoms with Crippen molar-refractivity contribution in [2.24, 2.45) is 0 Å². The van der Waals surface area contributed by atoms with Gasteiger partial charge in [-0.3, -0.25) is 14.3 Å². The van der Waals surface area contributed by atoms with E-state index in [4.69, 9.17) is 18.9 Å². The van der Waals surface area contributed by atoms with E-state index in [0.29, 0.717) is 34.3 Å². The number of benzene rings is 1. The van der Waals surface area contributed by atoms with Crippen molar-refractivity contribution in [3.63, 3.8) is 0 Å². The van der Waals surface area contributed by atoms with Crippen molar-refractivity contribution in [1.29, 1.82) is 0 Å². The highest BCUT2D eigenvalue weighted by molar-refractivity contribution is 7.93. The van der Waals surface area contributed by atoms with Crippen LogP contribution in [0, 0.1) is 6.92 Å². The second-order valence-corrected chi connectivity index (χ2v) is 10.5. The number of nitrogens with zero attached hydrogens (tertiary/aromatic N) is 6. The maximum atomic E-state index is 13.7. The number of aromatic nitrogens is 6. The van der Waals surface area contributed by atoms with Crippen LogP contribution < -0.4 is 18.9 Å². The summed E-state index contributed by atoms with van der Waals surface area (Å²) in [5.74, 6) is 1.65. The first kappa shape index (κ1) is 27.7. The van der Waals surface area contributed by atoms with E-state index in [9.17, 15) is 8.42 Å². The summed E-state index contributed by atoms with van der Waals surface area (Å²) in [7, 11) is 1.73. The summed E-state index contributed by atoms with van der Waals surface area (Å²) in [4.78, 5) is 12.6. The van der Waals surface area contributed by atoms with Crippen molar-refractivity contribution in [2.75, 3.05) is 33.2 Å². The van der Waals surface area contributed by atoms with Crippen molar-refractivity contribution in [1.82, 2.24) is 29.7 Å². The zero-order valence-electron chi connectivity index (χ0n) is 22.3. The normalized spacial score (nSPS) is 13.0. The van der Waals surface area contributed by atoms with Gasteiger partial charge in [-0.05, 0) is 37.6 Å². The van der Waals surface area contributed by atoms with E-state index in [1.54, 1.807) is 30.6 Å². The third-order valence-corrected chi connectivity index (χ3v) is 7.66. The Labute approximate surface area is 226 Å². The molecule has 13 nitrogen and oxygen atoms in total. The van der Waals surface area contributed by atoms with E-state index in [2.05, 4.69) is 29.9 Å². The van der Waals surface area contributed by atoms with Crippen LogP contribution in [0.25, 0.3) is 17.1 Å². The predicted octanol–water partition coefficient (Wildman–Crippen LogP) is 2.97. The number of nitrogens with one attached hydrogen (secondary N) is 1. The molecule has 1 aromatic carbocycles. The summed E-state index contributed by atoms with van der Waals surface area (Å²) in [5, 5.41) is 7.36. The van der Waals surface area contributed by atoms with Gasteiger partial charge in [0.25, 0.3) is 0 Å². The van der Waals surface area contributed by atoms with Gasteiger partial charge in [-0.1, -0.05) is 6.07 Å². The van der Waals surface area contributed by atoms with E-state index in [0.717, 1.165) is 5.56 Å². The van der Waals surface area contributed by atoms with E-state index in [1.807, 2.05) is 13.0 Å². The lowest BCUT2D eigenvalue weighted by atomic mass is 10.2. The Hall–Kier alpha value is -4.30. The number of hydrogen-bond donors (Lipinski definition) is 1. The lowest BCUT2D eigenvalue weighted by Crippen LogP contribution is -2.33. The topological polar surface area (TPSA) is 152 Å². The monoisotopic (exact) mass is 555 g/mol. The molecule has 1 N–H and O–H groups in total. The van der Waals surface area contributed by atoms with Gasteiger partial charge in [0.15, 0.2) is 17.4 Å². The minimum atomic E-state index is -4.14. The van der Waals surface area contributed by atoms with Crippen LogP contribution in [0.1, 0.15) is 24.4 Å². The Bertz CT molecular complexity index is 1520. The fraction of sp³-hybridized carbons (Fsp3) is 0.320. The summed E-state index contributed by atoms with van der Waals surface area (Å²) in [6.45, 7) is 3.37. The number of pyridine rings is 1. The van der Waals surface area contributed by atoms with E-state index >= 15 is 0 Å². The molecule has 4 rings (SSSR count). The number of ether oxygens (including phenoxy) is 4. The number of para-hydroxylation sites is 1. The standard InChI is InChI=1S/C25H29N7O6S/c1-15-10-17(12-26-11-15)24-29-30-25(32(24)21-19(36-4)8-7-9-20(21)37-5)31-39(33,34)16(2)22(38-6)23-27-13-18(35-3)14-28-23/h7-14,16,22H,1-6H3,(H,30,31)/t16-,22-/m0/s1. The van der Waals surface area contributed by atoms with Crippen LogP contribution in [-0.4, -0.2) is 71.8 Å². The van der Waals surface area contributed by atoms with Gasteiger partial charge in [0.05, 0.1) is 33.7 Å². The molecule has 0 aliphatic rings. The number of sulfonamides is 1. The molecule has 39 heavy (non-hydrogen) atoms. The Morgan fingerprint density at radius 1 is 0.923 bits per heavy atom. The van der Waals surface area contributed by atoms with Crippen LogP contribution in [0.15, 0.2) is 49.1 Å². The summed E-state index contributed by atoms with van der Waals surface area (Å²) in [5.41, 5.74) is 1.89. The minimum Gasteiger partial charge on any atom is -0.494 e. The molecule has 14 heteroatoms. The Morgan fingerprint density at radius 3 is 2.15 bits per heavy atom. The first-order chi connectivity index (χ1) is 18.7. The van der Waals surface area contributed by atoms with Crippen molar-refractivity contribution in [3.05, 3.63) is 60.4 Å². The summed E-state index contributed by atoms with van der Waals surface area (Å²) in [6.07, 6.45) is 5.19. The Balaban J connectivity index is 1.82. The third-order valence-electron chi connectivity index (χ3n) is 5.96. The number of rotatable bonds is 11. The van der Waals surface area contributed by atoms with Gasteiger partial charge in [-0.15, -0.1) is 10.2 Å². The van der Waals surface area contributed by atoms with Gasteiger partial charge in [0, 0.05) is 25.1 Å². The third kappa shape index (κ3) is 5.61. The van der Waals surface area contributed by atoms with Crippen LogP contribution in [0.3, 0.4) is 0 Å². The fourth-order valence-corrected chi connectivity index (χ4v) is 5.08. The molecular formula is C25H29N7O6S. The van der Waals surface area contributed by atoms with Crippen LogP contribution >= 0.6 is 0 Å². The Morgan fingerprint density at radius 2 is 1.59 bits per heavy atom. The summed E-state index contributed by atoms with van der Waals surface area (Å²) >= 11 is 0. The molecule has 206 valence electrons. The molecule has 0 unspecified atom stereocenters. The zero-order valence-corrected chi connectivity index (χ0v) is 23.1. The highest BCUT2D eigenvalue weighted by Gasteiger charge is 2.35. The largest absolute Gasteiger partial charge is 0.494 e. The van der Waals surface area contributed by atoms with Gasteiger partial charge < -0.3 is 18.9 Å². The van der Waals surface area contributed by atoms with Crippen molar-refractivity contribution >= 4 is 16.0 Å². The fourth-order valence-electron chi connectivity index (χ4n) is 3.95. The van der Waals surface area contributed by atoms with Crippen LogP contribution in [0.4, 0.5) is 5.95 Å².